The lowest BCUT2D eigenvalue weighted by molar-refractivity contribution is -0.384. The minimum absolute atomic E-state index is 0.0547. The first-order chi connectivity index (χ1) is 11.5. The van der Waals surface area contributed by atoms with Gasteiger partial charge in [0.2, 0.25) is 0 Å². The van der Waals surface area contributed by atoms with Crippen LogP contribution in [0.5, 0.6) is 5.75 Å². The number of thiocarbonyl (C=S) groups is 1. The summed E-state index contributed by atoms with van der Waals surface area (Å²) in [7, 11) is 0. The quantitative estimate of drug-likeness (QED) is 0.244. The molecule has 0 bridgehead atoms. The van der Waals surface area contributed by atoms with Crippen LogP contribution in [0.2, 0.25) is 0 Å². The molecule has 2 aromatic rings. The van der Waals surface area contributed by atoms with Crippen LogP contribution in [0.15, 0.2) is 48.5 Å². The fourth-order valence-corrected chi connectivity index (χ4v) is 1.52. The Morgan fingerprint density at radius 2 is 1.75 bits per heavy atom. The summed E-state index contributed by atoms with van der Waals surface area (Å²) in [6, 6.07) is 12.9. The third-order valence-corrected chi connectivity index (χ3v) is 2.83. The van der Waals surface area contributed by atoms with Gasteiger partial charge in [0.05, 0.1) is 4.92 Å². The Morgan fingerprint density at radius 1 is 1.21 bits per heavy atom. The second-order valence-electron chi connectivity index (χ2n) is 4.41. The summed E-state index contributed by atoms with van der Waals surface area (Å²) in [6.07, 6.45) is 0.764. The van der Waals surface area contributed by atoms with E-state index in [1.165, 1.54) is 12.1 Å². The highest BCUT2D eigenvalue weighted by Gasteiger charge is 2.04. The van der Waals surface area contributed by atoms with Crippen molar-refractivity contribution in [3.63, 3.8) is 0 Å². The van der Waals surface area contributed by atoms with Crippen molar-refractivity contribution in [2.45, 2.75) is 6.61 Å². The van der Waals surface area contributed by atoms with E-state index in [4.69, 9.17) is 10.5 Å². The van der Waals surface area contributed by atoms with E-state index in [2.05, 4.69) is 18.1 Å². The van der Waals surface area contributed by atoms with Gasteiger partial charge in [-0.15, -0.1) is 0 Å². The first kappa shape index (κ1) is 19.0. The van der Waals surface area contributed by atoms with Crippen LogP contribution < -0.4 is 21.7 Å². The number of hydrazine groups is 1. The smallest absolute Gasteiger partial charge is 0.269 e. The van der Waals surface area contributed by atoms with Gasteiger partial charge in [-0.1, -0.05) is 0 Å². The number of nitrogens with one attached hydrogen (secondary N) is 1. The number of hydrogen-bond acceptors (Lipinski definition) is 6. The molecule has 9 heteroatoms. The zero-order valence-electron chi connectivity index (χ0n) is 12.5. The molecule has 0 heterocycles. The number of nitro groups is 1. The van der Waals surface area contributed by atoms with Gasteiger partial charge in [0.1, 0.15) is 18.6 Å². The summed E-state index contributed by atoms with van der Waals surface area (Å²) in [5.41, 5.74) is 8.30. The molecule has 8 nitrogen and oxygen atoms in total. The number of nitro benzene ring substituents is 1. The summed E-state index contributed by atoms with van der Waals surface area (Å²) in [5.74, 6) is 5.30. The molecule has 0 radical (unpaired) electrons. The van der Waals surface area contributed by atoms with E-state index < -0.39 is 4.92 Å². The molecular weight excluding hydrogens is 332 g/mol. The average molecular weight is 348 g/mol. The van der Waals surface area contributed by atoms with Crippen LogP contribution in [0.3, 0.4) is 0 Å². The monoisotopic (exact) mass is 348 g/mol. The molecule has 0 saturated carbocycles. The maximum Gasteiger partial charge on any atom is 0.269 e. The molecule has 2 rings (SSSR count). The number of ether oxygens (including phenoxy) is 1. The molecule has 126 valence electrons. The summed E-state index contributed by atoms with van der Waals surface area (Å²) < 4.78 is 5.51. The molecule has 0 aliphatic rings. The normalized spacial score (nSPS) is 9.21. The Morgan fingerprint density at radius 3 is 2.17 bits per heavy atom. The van der Waals surface area contributed by atoms with Crippen LogP contribution in [-0.2, 0) is 6.61 Å². The lowest BCUT2D eigenvalue weighted by atomic mass is 10.2. The van der Waals surface area contributed by atoms with Crippen LogP contribution in [0.4, 0.5) is 5.69 Å². The molecule has 0 fully saturated rings. The Labute approximate surface area is 143 Å². The number of nitrogens with two attached hydrogens (primary N) is 2. The van der Waals surface area contributed by atoms with Crippen molar-refractivity contribution >= 4 is 29.3 Å². The van der Waals surface area contributed by atoms with Crippen LogP contribution in [0.25, 0.3) is 0 Å². The molecule has 5 N–H and O–H groups in total. The number of benzene rings is 2. The molecule has 2 aromatic carbocycles. The number of nitrogens with zero attached hydrogens (tertiary/aromatic N) is 1. The van der Waals surface area contributed by atoms with Crippen LogP contribution >= 0.6 is 12.2 Å². The van der Waals surface area contributed by atoms with Crippen molar-refractivity contribution in [1.29, 1.82) is 0 Å². The van der Waals surface area contributed by atoms with E-state index in [9.17, 15) is 14.9 Å². The Kier molecular flexibility index (Phi) is 7.82. The van der Waals surface area contributed by atoms with E-state index in [1.807, 2.05) is 5.43 Å². The predicted molar refractivity (Wildman–Crippen MR) is 93.4 cm³/mol. The molecule has 24 heavy (non-hydrogen) atoms. The highest BCUT2D eigenvalue weighted by Crippen LogP contribution is 2.16. The van der Waals surface area contributed by atoms with Gasteiger partial charge in [-0.3, -0.25) is 14.9 Å². The molecule has 0 aliphatic heterocycles. The van der Waals surface area contributed by atoms with Crippen molar-refractivity contribution in [3.05, 3.63) is 69.8 Å². The third kappa shape index (κ3) is 6.81. The molecular formula is C15H16N4O4S. The highest BCUT2D eigenvalue weighted by atomic mass is 32.1. The number of non-ortho nitro benzene ring substituents is 1. The largest absolute Gasteiger partial charge is 0.489 e. The molecule has 0 aromatic heterocycles. The average Bonchev–Trinajstić information content (AvgIpc) is 2.61. The maximum absolute atomic E-state index is 10.5. The number of carbonyl (C=O) groups is 1. The zero-order valence-corrected chi connectivity index (χ0v) is 13.4. The minimum Gasteiger partial charge on any atom is -0.489 e. The van der Waals surface area contributed by atoms with Crippen molar-refractivity contribution in [2.24, 2.45) is 11.6 Å². The summed E-state index contributed by atoms with van der Waals surface area (Å²) in [4.78, 5) is 20.5. The van der Waals surface area contributed by atoms with Gasteiger partial charge in [0, 0.05) is 17.7 Å². The molecule has 0 saturated heterocycles. The van der Waals surface area contributed by atoms with Gasteiger partial charge in [-0.05, 0) is 54.2 Å². The van der Waals surface area contributed by atoms with Gasteiger partial charge in [-0.2, -0.15) is 0 Å². The van der Waals surface area contributed by atoms with Crippen molar-refractivity contribution in [2.75, 3.05) is 0 Å². The van der Waals surface area contributed by atoms with Crippen molar-refractivity contribution in [3.8, 4) is 5.75 Å². The molecule has 0 unspecified atom stereocenters. The lowest BCUT2D eigenvalue weighted by Crippen LogP contribution is -2.34. The summed E-state index contributed by atoms with van der Waals surface area (Å²) in [6.45, 7) is 0.318. The molecule has 0 spiro atoms. The van der Waals surface area contributed by atoms with Crippen LogP contribution in [0.1, 0.15) is 15.9 Å². The van der Waals surface area contributed by atoms with Gasteiger partial charge >= 0.3 is 0 Å². The Bertz CT molecular complexity index is 690. The van der Waals surface area contributed by atoms with Gasteiger partial charge < -0.3 is 15.9 Å². The van der Waals surface area contributed by atoms with Crippen LogP contribution in [0, 0.1) is 10.1 Å². The summed E-state index contributed by atoms with van der Waals surface area (Å²) in [5, 5.41) is 10.6. The van der Waals surface area contributed by atoms with Gasteiger partial charge in [-0.25, -0.2) is 5.84 Å². The van der Waals surface area contributed by atoms with Crippen molar-refractivity contribution < 1.29 is 14.5 Å². The predicted octanol–water partition coefficient (Wildman–Crippen LogP) is 1.68. The standard InChI is InChI=1S/C14H11NO4.CH5N3S/c16-9-11-3-7-14(8-4-11)19-10-12-1-5-13(6-2-12)15(17)18;2-1(5)4-3/h1-9H,10H2;3H2,(H3,2,4,5). The molecule has 0 amide bonds. The van der Waals surface area contributed by atoms with Gasteiger partial charge in [0.15, 0.2) is 5.11 Å². The van der Waals surface area contributed by atoms with E-state index in [0.29, 0.717) is 17.9 Å². The number of hydrogen-bond donors (Lipinski definition) is 3. The second kappa shape index (κ2) is 9.87. The number of rotatable bonds is 5. The van der Waals surface area contributed by atoms with Crippen molar-refractivity contribution in [1.82, 2.24) is 5.43 Å². The van der Waals surface area contributed by atoms with E-state index in [-0.39, 0.29) is 10.8 Å². The molecule has 0 aliphatic carbocycles. The minimum atomic E-state index is -0.442. The Balaban J connectivity index is 0.000000505. The zero-order chi connectivity index (χ0) is 17.9. The van der Waals surface area contributed by atoms with E-state index in [0.717, 1.165) is 11.8 Å². The topological polar surface area (TPSA) is 134 Å². The third-order valence-electron chi connectivity index (χ3n) is 2.71. The first-order valence-corrected chi connectivity index (χ1v) is 7.04. The molecule has 0 atom stereocenters. The first-order valence-electron chi connectivity index (χ1n) is 6.63. The van der Waals surface area contributed by atoms with E-state index >= 15 is 0 Å². The fraction of sp³-hybridized carbons (Fsp3) is 0.0667. The second-order valence-corrected chi connectivity index (χ2v) is 4.85. The summed E-state index contributed by atoms with van der Waals surface area (Å²) >= 11 is 4.24. The van der Waals surface area contributed by atoms with Gasteiger partial charge in [0.25, 0.3) is 5.69 Å². The lowest BCUT2D eigenvalue weighted by Gasteiger charge is -2.06. The Hall–Kier alpha value is -3.04. The van der Waals surface area contributed by atoms with E-state index in [1.54, 1.807) is 36.4 Å². The number of carbonyl (C=O) groups excluding carboxylic acids is 1. The maximum atomic E-state index is 10.5. The number of aldehydes is 1. The SMILES string of the molecule is NNC(N)=S.O=Cc1ccc(OCc2ccc([N+](=O)[O-])cc2)cc1. The highest BCUT2D eigenvalue weighted by molar-refractivity contribution is 7.80. The van der Waals surface area contributed by atoms with Crippen LogP contribution in [-0.4, -0.2) is 16.3 Å². The fourth-order valence-electron chi connectivity index (χ4n) is 1.52.